The molecule has 0 saturated heterocycles. The third-order valence-electron chi connectivity index (χ3n) is 5.00. The number of fused-ring (bicyclic) bond motifs is 1. The van der Waals surface area contributed by atoms with Gasteiger partial charge in [0.25, 0.3) is 0 Å². The van der Waals surface area contributed by atoms with Gasteiger partial charge in [-0.25, -0.2) is 4.79 Å². The van der Waals surface area contributed by atoms with E-state index in [0.29, 0.717) is 10.7 Å². The van der Waals surface area contributed by atoms with Crippen molar-refractivity contribution in [3.63, 3.8) is 0 Å². The molecule has 2 atom stereocenters. The largest absolute Gasteiger partial charge is 0.378 e. The third kappa shape index (κ3) is 3.82. The number of hydrogen-bond donors (Lipinski definition) is 2. The number of carbonyl (C=O) groups excluding carboxylic acids is 1. The summed E-state index contributed by atoms with van der Waals surface area (Å²) in [6.07, 6.45) is 0.814. The first-order valence-corrected chi connectivity index (χ1v) is 9.76. The van der Waals surface area contributed by atoms with E-state index in [9.17, 15) is 4.79 Å². The highest BCUT2D eigenvalue weighted by atomic mass is 35.5. The molecule has 142 valence electrons. The summed E-state index contributed by atoms with van der Waals surface area (Å²) < 4.78 is 0. The van der Waals surface area contributed by atoms with Crippen LogP contribution in [-0.4, -0.2) is 12.1 Å². The molecule has 2 amide bonds. The van der Waals surface area contributed by atoms with Crippen molar-refractivity contribution in [2.45, 2.75) is 25.4 Å². The van der Waals surface area contributed by atoms with Crippen LogP contribution in [-0.2, 0) is 0 Å². The molecule has 0 saturated carbocycles. The lowest BCUT2D eigenvalue weighted by Crippen LogP contribution is -2.46. The zero-order valence-corrected chi connectivity index (χ0v) is 16.4. The Bertz CT molecular complexity index is 976. The number of para-hydroxylation sites is 2. The Kier molecular flexibility index (Phi) is 5.22. The highest BCUT2D eigenvalue weighted by molar-refractivity contribution is 6.30. The summed E-state index contributed by atoms with van der Waals surface area (Å²) in [6.45, 7) is 2.08. The third-order valence-corrected chi connectivity index (χ3v) is 5.23. The zero-order chi connectivity index (χ0) is 19.5. The number of urea groups is 1. The van der Waals surface area contributed by atoms with Gasteiger partial charge in [0.2, 0.25) is 0 Å². The molecule has 0 aliphatic carbocycles. The van der Waals surface area contributed by atoms with Gasteiger partial charge in [0.05, 0.1) is 11.7 Å². The molecule has 3 aromatic carbocycles. The Labute approximate surface area is 170 Å². The van der Waals surface area contributed by atoms with Crippen LogP contribution in [0.3, 0.4) is 0 Å². The van der Waals surface area contributed by atoms with Crippen molar-refractivity contribution in [3.05, 3.63) is 89.4 Å². The van der Waals surface area contributed by atoms with Crippen molar-refractivity contribution in [2.75, 3.05) is 15.5 Å². The molecular weight excluding hydrogens is 370 g/mol. The number of nitrogens with one attached hydrogen (secondary N) is 2. The molecule has 0 bridgehead atoms. The summed E-state index contributed by atoms with van der Waals surface area (Å²) in [5.41, 5.74) is 3.80. The fourth-order valence-electron chi connectivity index (χ4n) is 3.74. The summed E-state index contributed by atoms with van der Waals surface area (Å²) in [5.74, 6) is 0. The van der Waals surface area contributed by atoms with Gasteiger partial charge >= 0.3 is 6.03 Å². The lowest BCUT2D eigenvalue weighted by Gasteiger charge is -2.39. The van der Waals surface area contributed by atoms with E-state index in [2.05, 4.69) is 35.8 Å². The van der Waals surface area contributed by atoms with E-state index in [1.165, 1.54) is 0 Å². The molecule has 0 aromatic heterocycles. The Morgan fingerprint density at radius 3 is 2.46 bits per heavy atom. The second-order valence-corrected chi connectivity index (χ2v) is 7.45. The maximum Gasteiger partial charge on any atom is 0.326 e. The lowest BCUT2D eigenvalue weighted by molar-refractivity contribution is 0.254. The average Bonchev–Trinajstić information content (AvgIpc) is 2.69. The van der Waals surface area contributed by atoms with E-state index in [0.717, 1.165) is 23.4 Å². The van der Waals surface area contributed by atoms with Crippen molar-refractivity contribution < 1.29 is 4.79 Å². The van der Waals surface area contributed by atoms with Crippen molar-refractivity contribution in [1.82, 2.24) is 0 Å². The summed E-state index contributed by atoms with van der Waals surface area (Å²) in [4.78, 5) is 14.9. The quantitative estimate of drug-likeness (QED) is 0.548. The smallest absolute Gasteiger partial charge is 0.326 e. The predicted octanol–water partition coefficient (Wildman–Crippen LogP) is 6.32. The first kappa shape index (κ1) is 18.4. The number of rotatable bonds is 3. The Morgan fingerprint density at radius 2 is 1.68 bits per heavy atom. The van der Waals surface area contributed by atoms with Gasteiger partial charge in [-0.1, -0.05) is 54.1 Å². The molecule has 3 aromatic rings. The molecule has 0 fully saturated rings. The van der Waals surface area contributed by atoms with E-state index in [4.69, 9.17) is 11.6 Å². The monoisotopic (exact) mass is 391 g/mol. The highest BCUT2D eigenvalue weighted by Gasteiger charge is 2.33. The van der Waals surface area contributed by atoms with E-state index in [1.54, 1.807) is 12.1 Å². The Morgan fingerprint density at radius 1 is 0.964 bits per heavy atom. The van der Waals surface area contributed by atoms with Crippen LogP contribution in [0.1, 0.15) is 24.9 Å². The number of benzene rings is 3. The molecule has 4 rings (SSSR count). The fourth-order valence-corrected chi connectivity index (χ4v) is 3.93. The molecule has 4 nitrogen and oxygen atoms in total. The van der Waals surface area contributed by atoms with E-state index >= 15 is 0 Å². The van der Waals surface area contributed by atoms with Crippen LogP contribution in [0.15, 0.2) is 78.9 Å². The van der Waals surface area contributed by atoms with E-state index in [-0.39, 0.29) is 18.1 Å². The molecule has 0 radical (unpaired) electrons. The van der Waals surface area contributed by atoms with Gasteiger partial charge in [-0.2, -0.15) is 0 Å². The lowest BCUT2D eigenvalue weighted by atomic mass is 9.91. The number of halogens is 1. The standard InChI is InChI=1S/C23H22ClN3O/c1-16-14-21(25-18-9-3-2-4-10-18)20-12-5-6-13-22(20)27(16)23(28)26-19-11-7-8-17(24)15-19/h2-13,15-16,21,25H,14H2,1H3,(H,26,28)/t16-,21-/m1/s1. The van der Waals surface area contributed by atoms with Gasteiger partial charge in [-0.3, -0.25) is 4.90 Å². The number of hydrogen-bond acceptors (Lipinski definition) is 2. The number of carbonyl (C=O) groups is 1. The van der Waals surface area contributed by atoms with Crippen LogP contribution < -0.4 is 15.5 Å². The summed E-state index contributed by atoms with van der Waals surface area (Å²) in [7, 11) is 0. The summed E-state index contributed by atoms with van der Waals surface area (Å²) >= 11 is 6.05. The van der Waals surface area contributed by atoms with Crippen molar-refractivity contribution in [3.8, 4) is 0 Å². The van der Waals surface area contributed by atoms with Gasteiger partial charge in [0, 0.05) is 22.4 Å². The first-order valence-electron chi connectivity index (χ1n) is 9.38. The van der Waals surface area contributed by atoms with E-state index in [1.807, 2.05) is 53.4 Å². The average molecular weight is 392 g/mol. The molecule has 1 aliphatic rings. The molecular formula is C23H22ClN3O. The SMILES string of the molecule is C[C@@H]1C[C@@H](Nc2ccccc2)c2ccccc2N1C(=O)Nc1cccc(Cl)c1. The maximum atomic E-state index is 13.1. The van der Waals surface area contributed by atoms with Crippen LogP contribution in [0.4, 0.5) is 21.9 Å². The van der Waals surface area contributed by atoms with E-state index < -0.39 is 0 Å². The fraction of sp³-hybridized carbons (Fsp3) is 0.174. The predicted molar refractivity (Wildman–Crippen MR) is 116 cm³/mol. The first-order chi connectivity index (χ1) is 13.6. The molecule has 0 unspecified atom stereocenters. The van der Waals surface area contributed by atoms with Crippen LogP contribution in [0, 0.1) is 0 Å². The maximum absolute atomic E-state index is 13.1. The minimum absolute atomic E-state index is 0.0373. The molecule has 5 heteroatoms. The molecule has 28 heavy (non-hydrogen) atoms. The second kappa shape index (κ2) is 7.95. The molecule has 2 N–H and O–H groups in total. The van der Waals surface area contributed by atoms with Crippen LogP contribution in [0.25, 0.3) is 0 Å². The molecule has 0 spiro atoms. The van der Waals surface area contributed by atoms with Crippen molar-refractivity contribution >= 4 is 34.7 Å². The van der Waals surface area contributed by atoms with Crippen LogP contribution in [0.5, 0.6) is 0 Å². The Hall–Kier alpha value is -2.98. The second-order valence-electron chi connectivity index (χ2n) is 7.02. The minimum atomic E-state index is -0.152. The Balaban J connectivity index is 1.61. The minimum Gasteiger partial charge on any atom is -0.378 e. The van der Waals surface area contributed by atoms with Crippen molar-refractivity contribution in [1.29, 1.82) is 0 Å². The van der Waals surface area contributed by atoms with Gasteiger partial charge in [0.1, 0.15) is 0 Å². The zero-order valence-electron chi connectivity index (χ0n) is 15.6. The highest BCUT2D eigenvalue weighted by Crippen LogP contribution is 2.39. The van der Waals surface area contributed by atoms with Gasteiger partial charge in [0.15, 0.2) is 0 Å². The topological polar surface area (TPSA) is 44.4 Å². The summed E-state index contributed by atoms with van der Waals surface area (Å²) in [6, 6.07) is 25.5. The van der Waals surface area contributed by atoms with Crippen LogP contribution >= 0.6 is 11.6 Å². The normalized spacial score (nSPS) is 18.3. The molecule has 1 heterocycles. The number of nitrogens with zero attached hydrogens (tertiary/aromatic N) is 1. The van der Waals surface area contributed by atoms with Gasteiger partial charge < -0.3 is 10.6 Å². The van der Waals surface area contributed by atoms with Gasteiger partial charge in [-0.15, -0.1) is 0 Å². The summed E-state index contributed by atoms with van der Waals surface area (Å²) in [5, 5.41) is 7.17. The number of anilines is 3. The van der Waals surface area contributed by atoms with Crippen LogP contribution in [0.2, 0.25) is 5.02 Å². The van der Waals surface area contributed by atoms with Crippen molar-refractivity contribution in [2.24, 2.45) is 0 Å². The number of amides is 2. The van der Waals surface area contributed by atoms with Gasteiger partial charge in [-0.05, 0) is 55.3 Å². The molecule has 1 aliphatic heterocycles.